The van der Waals surface area contributed by atoms with Gasteiger partial charge in [0.25, 0.3) is 0 Å². The minimum absolute atomic E-state index is 0.137. The lowest BCUT2D eigenvalue weighted by atomic mass is 10.2. The Morgan fingerprint density at radius 2 is 1.92 bits per heavy atom. The first-order chi connectivity index (χ1) is 12.5. The Balaban J connectivity index is 1.77. The molecule has 0 aliphatic rings. The Morgan fingerprint density at radius 1 is 1.15 bits per heavy atom. The van der Waals surface area contributed by atoms with E-state index < -0.39 is 18.5 Å². The fourth-order valence-electron chi connectivity index (χ4n) is 1.95. The van der Waals surface area contributed by atoms with Crippen LogP contribution in [0.5, 0.6) is 5.75 Å². The highest BCUT2D eigenvalue weighted by Crippen LogP contribution is 2.21. The van der Waals surface area contributed by atoms with Gasteiger partial charge >= 0.3 is 12.7 Å². The van der Waals surface area contributed by atoms with Crippen molar-refractivity contribution in [3.63, 3.8) is 0 Å². The van der Waals surface area contributed by atoms with Crippen LogP contribution in [-0.4, -0.2) is 19.2 Å². The summed E-state index contributed by atoms with van der Waals surface area (Å²) in [7, 11) is 0. The van der Waals surface area contributed by atoms with Gasteiger partial charge in [-0.2, -0.15) is 8.78 Å². The summed E-state index contributed by atoms with van der Waals surface area (Å²) in [6.45, 7) is -2.70. The third kappa shape index (κ3) is 6.77. The van der Waals surface area contributed by atoms with Crippen molar-refractivity contribution in [2.75, 3.05) is 6.54 Å². The smallest absolute Gasteiger partial charge is 0.407 e. The van der Waals surface area contributed by atoms with E-state index in [0.717, 1.165) is 17.7 Å². The maximum absolute atomic E-state index is 13.1. The minimum atomic E-state index is -3.07. The fraction of sp³-hybridized carbons (Fsp3) is 0.211. The summed E-state index contributed by atoms with van der Waals surface area (Å²) in [5, 5.41) is 2.52. The zero-order valence-electron chi connectivity index (χ0n) is 13.7. The summed E-state index contributed by atoms with van der Waals surface area (Å²) in [5.41, 5.74) is 1.00. The van der Waals surface area contributed by atoms with Gasteiger partial charge in [0, 0.05) is 19.0 Å². The van der Waals surface area contributed by atoms with Crippen LogP contribution in [0.25, 0.3) is 0 Å². The number of halogens is 3. The van der Waals surface area contributed by atoms with Crippen molar-refractivity contribution in [2.45, 2.75) is 19.6 Å². The first-order valence-corrected chi connectivity index (χ1v) is 7.72. The van der Waals surface area contributed by atoms with E-state index in [9.17, 15) is 18.0 Å². The van der Waals surface area contributed by atoms with Gasteiger partial charge in [0.1, 0.15) is 18.2 Å². The summed E-state index contributed by atoms with van der Waals surface area (Å²) >= 11 is 0. The van der Waals surface area contributed by atoms with Crippen LogP contribution in [0.3, 0.4) is 0 Å². The van der Waals surface area contributed by atoms with Crippen molar-refractivity contribution in [3.05, 3.63) is 65.5 Å². The molecule has 0 atom stereocenters. The molecule has 0 heterocycles. The largest absolute Gasteiger partial charge is 0.445 e. The van der Waals surface area contributed by atoms with Gasteiger partial charge in [-0.1, -0.05) is 42.2 Å². The lowest BCUT2D eigenvalue weighted by Gasteiger charge is -2.06. The van der Waals surface area contributed by atoms with Crippen molar-refractivity contribution in [3.8, 4) is 17.6 Å². The molecule has 0 radical (unpaired) electrons. The van der Waals surface area contributed by atoms with Gasteiger partial charge in [0.05, 0.1) is 5.56 Å². The van der Waals surface area contributed by atoms with Crippen LogP contribution in [-0.2, 0) is 11.3 Å². The number of benzene rings is 2. The molecule has 0 saturated carbocycles. The van der Waals surface area contributed by atoms with Gasteiger partial charge < -0.3 is 14.8 Å². The number of ether oxygens (including phenoxy) is 2. The lowest BCUT2D eigenvalue weighted by molar-refractivity contribution is -0.0501. The molecule has 136 valence electrons. The molecule has 26 heavy (non-hydrogen) atoms. The fourth-order valence-corrected chi connectivity index (χ4v) is 1.95. The molecule has 0 unspecified atom stereocenters. The predicted molar refractivity (Wildman–Crippen MR) is 89.2 cm³/mol. The Hall–Kier alpha value is -3.14. The molecule has 0 aromatic heterocycles. The second kappa shape index (κ2) is 9.99. The molecule has 0 bridgehead atoms. The van der Waals surface area contributed by atoms with Gasteiger partial charge in [-0.05, 0) is 17.7 Å². The van der Waals surface area contributed by atoms with Crippen LogP contribution in [0.1, 0.15) is 17.5 Å². The molecular weight excluding hydrogens is 347 g/mol. The maximum Gasteiger partial charge on any atom is 0.407 e. The van der Waals surface area contributed by atoms with E-state index in [4.69, 9.17) is 4.74 Å². The van der Waals surface area contributed by atoms with E-state index >= 15 is 0 Å². The van der Waals surface area contributed by atoms with E-state index in [1.54, 1.807) is 0 Å². The van der Waals surface area contributed by atoms with Gasteiger partial charge in [-0.3, -0.25) is 0 Å². The molecule has 2 rings (SSSR count). The van der Waals surface area contributed by atoms with Gasteiger partial charge in [0.15, 0.2) is 0 Å². The SMILES string of the molecule is O=C(NCCC#Cc1ccc(F)cc1OC(F)F)OCc1ccccc1. The number of hydrogen-bond acceptors (Lipinski definition) is 3. The Labute approximate surface area is 148 Å². The molecule has 0 aliphatic carbocycles. The monoisotopic (exact) mass is 363 g/mol. The molecule has 2 aromatic rings. The van der Waals surface area contributed by atoms with Crippen molar-refractivity contribution in [1.82, 2.24) is 5.32 Å². The lowest BCUT2D eigenvalue weighted by Crippen LogP contribution is -2.24. The van der Waals surface area contributed by atoms with Crippen LogP contribution in [0.2, 0.25) is 0 Å². The van der Waals surface area contributed by atoms with E-state index in [0.29, 0.717) is 0 Å². The van der Waals surface area contributed by atoms with Crippen molar-refractivity contribution in [1.29, 1.82) is 0 Å². The highest BCUT2D eigenvalue weighted by atomic mass is 19.3. The summed E-state index contributed by atoms with van der Waals surface area (Å²) < 4.78 is 47.0. The number of amides is 1. The standard InChI is InChI=1S/C19H16F3NO3/c20-16-10-9-15(17(12-16)26-18(21)22)8-4-5-11-23-19(24)25-13-14-6-2-1-3-7-14/h1-3,6-7,9-10,12,18H,5,11,13H2,(H,23,24). The van der Waals surface area contributed by atoms with E-state index in [-0.39, 0.29) is 30.9 Å². The Bertz CT molecular complexity index is 786. The van der Waals surface area contributed by atoms with Crippen LogP contribution in [0, 0.1) is 17.7 Å². The molecule has 1 amide bonds. The van der Waals surface area contributed by atoms with Crippen LogP contribution < -0.4 is 10.1 Å². The predicted octanol–water partition coefficient (Wildman–Crippen LogP) is 4.10. The van der Waals surface area contributed by atoms with Crippen LogP contribution in [0.4, 0.5) is 18.0 Å². The normalized spacial score (nSPS) is 10.0. The van der Waals surface area contributed by atoms with E-state index in [2.05, 4.69) is 21.9 Å². The van der Waals surface area contributed by atoms with Crippen molar-refractivity contribution in [2.24, 2.45) is 0 Å². The number of hydrogen-bond donors (Lipinski definition) is 1. The minimum Gasteiger partial charge on any atom is -0.445 e. The second-order valence-corrected chi connectivity index (χ2v) is 5.06. The number of carbonyl (C=O) groups is 1. The summed E-state index contributed by atoms with van der Waals surface area (Å²) in [4.78, 5) is 11.5. The molecule has 1 N–H and O–H groups in total. The molecule has 0 aliphatic heterocycles. The molecule has 0 fully saturated rings. The Morgan fingerprint density at radius 3 is 2.65 bits per heavy atom. The zero-order chi connectivity index (χ0) is 18.8. The average molecular weight is 363 g/mol. The summed E-state index contributed by atoms with van der Waals surface area (Å²) in [5.74, 6) is 4.28. The average Bonchev–Trinajstić information content (AvgIpc) is 2.61. The molecule has 0 spiro atoms. The van der Waals surface area contributed by atoms with Crippen molar-refractivity contribution < 1.29 is 27.4 Å². The topological polar surface area (TPSA) is 47.6 Å². The molecule has 2 aromatic carbocycles. The van der Waals surface area contributed by atoms with Crippen LogP contribution >= 0.6 is 0 Å². The van der Waals surface area contributed by atoms with Crippen molar-refractivity contribution >= 4 is 6.09 Å². The van der Waals surface area contributed by atoms with E-state index in [1.165, 1.54) is 6.07 Å². The summed E-state index contributed by atoms with van der Waals surface area (Å²) in [6.07, 6.45) is -0.328. The van der Waals surface area contributed by atoms with E-state index in [1.807, 2.05) is 30.3 Å². The number of rotatable bonds is 6. The first kappa shape index (κ1) is 19.2. The quantitative estimate of drug-likeness (QED) is 0.621. The zero-order valence-corrected chi connectivity index (χ0v) is 13.7. The van der Waals surface area contributed by atoms with Gasteiger partial charge in [0.2, 0.25) is 0 Å². The first-order valence-electron chi connectivity index (χ1n) is 7.72. The molecule has 7 heteroatoms. The number of nitrogens with one attached hydrogen (secondary N) is 1. The summed E-state index contributed by atoms with van der Waals surface area (Å²) in [6, 6.07) is 12.4. The third-order valence-electron chi connectivity index (χ3n) is 3.11. The highest BCUT2D eigenvalue weighted by Gasteiger charge is 2.09. The molecular formula is C19H16F3NO3. The molecule has 4 nitrogen and oxygen atoms in total. The molecule has 0 saturated heterocycles. The number of alkyl halides is 2. The Kier molecular flexibility index (Phi) is 7.37. The highest BCUT2D eigenvalue weighted by molar-refractivity contribution is 5.67. The maximum atomic E-state index is 13.1. The van der Waals surface area contributed by atoms with Crippen LogP contribution in [0.15, 0.2) is 48.5 Å². The number of carbonyl (C=O) groups excluding carboxylic acids is 1. The number of alkyl carbamates (subject to hydrolysis) is 1. The third-order valence-corrected chi connectivity index (χ3v) is 3.11. The van der Waals surface area contributed by atoms with Gasteiger partial charge in [-0.15, -0.1) is 0 Å². The second-order valence-electron chi connectivity index (χ2n) is 5.06. The van der Waals surface area contributed by atoms with Gasteiger partial charge in [-0.25, -0.2) is 9.18 Å².